The predicted octanol–water partition coefficient (Wildman–Crippen LogP) is 3.59. The lowest BCUT2D eigenvalue weighted by Gasteiger charge is -2.35. The second-order valence-electron chi connectivity index (χ2n) is 8.86. The summed E-state index contributed by atoms with van der Waals surface area (Å²) in [5.74, 6) is 1.20. The Morgan fingerprint density at radius 1 is 0.971 bits per heavy atom. The fraction of sp³-hybridized carbons (Fsp3) is 0.417. The molecule has 11 heteroatoms. The number of nitrogens with zero attached hydrogens (tertiary/aromatic N) is 9. The van der Waals surface area contributed by atoms with Gasteiger partial charge in [0.1, 0.15) is 22.9 Å². The van der Waals surface area contributed by atoms with Gasteiger partial charge in [0.05, 0.1) is 24.3 Å². The lowest BCUT2D eigenvalue weighted by atomic mass is 10.2. The molecule has 1 fully saturated rings. The first-order valence-electron chi connectivity index (χ1n) is 11.9. The molecule has 5 rings (SSSR count). The van der Waals surface area contributed by atoms with Crippen molar-refractivity contribution in [2.45, 2.75) is 33.7 Å². The van der Waals surface area contributed by atoms with E-state index in [2.05, 4.69) is 51.9 Å². The van der Waals surface area contributed by atoms with Crippen LogP contribution in [0.5, 0.6) is 0 Å². The number of rotatable bonds is 6. The first-order chi connectivity index (χ1) is 16.9. The zero-order valence-corrected chi connectivity index (χ0v) is 20.4. The lowest BCUT2D eigenvalue weighted by Crippen LogP contribution is -2.46. The molecule has 4 aromatic heterocycles. The summed E-state index contributed by atoms with van der Waals surface area (Å²) in [6, 6.07) is 4.05. The second-order valence-corrected chi connectivity index (χ2v) is 8.86. The van der Waals surface area contributed by atoms with Crippen LogP contribution < -0.4 is 10.2 Å². The number of hydrogen-bond acceptors (Lipinski definition) is 9. The number of likely N-dealkylation sites (N-methyl/N-ethyl adjacent to an activating group) is 1. The van der Waals surface area contributed by atoms with Crippen molar-refractivity contribution in [1.29, 1.82) is 0 Å². The van der Waals surface area contributed by atoms with Crippen LogP contribution in [0.25, 0.3) is 22.7 Å². The summed E-state index contributed by atoms with van der Waals surface area (Å²) < 4.78 is 16.7. The Hall–Kier alpha value is -3.73. The average Bonchev–Trinajstić information content (AvgIpc) is 3.21. The summed E-state index contributed by atoms with van der Waals surface area (Å²) in [6.07, 6.45) is 4.55. The summed E-state index contributed by atoms with van der Waals surface area (Å²) >= 11 is 0. The van der Waals surface area contributed by atoms with Gasteiger partial charge in [0.15, 0.2) is 17.3 Å². The Labute approximate surface area is 203 Å². The number of nitrogens with one attached hydrogen (secondary N) is 1. The first-order valence-corrected chi connectivity index (χ1v) is 11.9. The molecule has 35 heavy (non-hydrogen) atoms. The van der Waals surface area contributed by atoms with E-state index >= 15 is 0 Å². The molecule has 1 aliphatic rings. The third kappa shape index (κ3) is 4.63. The Morgan fingerprint density at radius 2 is 1.77 bits per heavy atom. The van der Waals surface area contributed by atoms with Crippen LogP contribution in [0.2, 0.25) is 0 Å². The van der Waals surface area contributed by atoms with Crippen molar-refractivity contribution in [3.63, 3.8) is 0 Å². The monoisotopic (exact) mass is 476 g/mol. The number of imidazole rings is 1. The normalized spacial score (nSPS) is 14.7. The number of pyridine rings is 1. The third-order valence-electron chi connectivity index (χ3n) is 6.25. The highest BCUT2D eigenvalue weighted by atomic mass is 19.1. The van der Waals surface area contributed by atoms with E-state index in [1.54, 1.807) is 6.20 Å². The van der Waals surface area contributed by atoms with Crippen LogP contribution in [0.3, 0.4) is 0 Å². The number of aryl methyl sites for hydroxylation is 1. The largest absolute Gasteiger partial charge is 0.368 e. The number of hydrogen-bond donors (Lipinski definition) is 1. The van der Waals surface area contributed by atoms with Crippen molar-refractivity contribution in [2.75, 3.05) is 42.9 Å². The maximum Gasteiger partial charge on any atom is 0.229 e. The van der Waals surface area contributed by atoms with Crippen LogP contribution in [0.4, 0.5) is 21.8 Å². The molecule has 0 spiro atoms. The van der Waals surface area contributed by atoms with Gasteiger partial charge in [0, 0.05) is 32.2 Å². The molecule has 182 valence electrons. The summed E-state index contributed by atoms with van der Waals surface area (Å²) in [4.78, 5) is 31.1. The highest BCUT2D eigenvalue weighted by Crippen LogP contribution is 2.24. The minimum atomic E-state index is -0.600. The minimum Gasteiger partial charge on any atom is -0.368 e. The van der Waals surface area contributed by atoms with Crippen molar-refractivity contribution in [3.05, 3.63) is 42.4 Å². The Bertz CT molecular complexity index is 1330. The molecule has 4 aromatic rings. The quantitative estimate of drug-likeness (QED) is 0.447. The summed E-state index contributed by atoms with van der Waals surface area (Å²) in [7, 11) is 0. The Kier molecular flexibility index (Phi) is 6.25. The van der Waals surface area contributed by atoms with E-state index < -0.39 is 5.82 Å². The molecule has 1 aliphatic heterocycles. The average molecular weight is 477 g/mol. The van der Waals surface area contributed by atoms with E-state index in [-0.39, 0.29) is 23.5 Å². The van der Waals surface area contributed by atoms with E-state index in [9.17, 15) is 4.39 Å². The molecule has 0 unspecified atom stereocenters. The highest BCUT2D eigenvalue weighted by Gasteiger charge is 2.18. The second kappa shape index (κ2) is 9.49. The summed E-state index contributed by atoms with van der Waals surface area (Å²) in [5.41, 5.74) is 2.40. The van der Waals surface area contributed by atoms with Gasteiger partial charge < -0.3 is 19.7 Å². The van der Waals surface area contributed by atoms with Crippen molar-refractivity contribution in [1.82, 2.24) is 39.4 Å². The molecule has 1 saturated heterocycles. The van der Waals surface area contributed by atoms with Crippen LogP contribution >= 0.6 is 0 Å². The number of halogens is 1. The van der Waals surface area contributed by atoms with Crippen molar-refractivity contribution in [3.8, 4) is 11.5 Å². The van der Waals surface area contributed by atoms with Gasteiger partial charge in [-0.25, -0.2) is 34.3 Å². The molecule has 0 aliphatic carbocycles. The molecule has 1 N–H and O–H groups in total. The van der Waals surface area contributed by atoms with Gasteiger partial charge in [0.2, 0.25) is 5.95 Å². The van der Waals surface area contributed by atoms with Gasteiger partial charge in [-0.05, 0) is 39.4 Å². The smallest absolute Gasteiger partial charge is 0.229 e. The zero-order valence-electron chi connectivity index (χ0n) is 20.4. The Morgan fingerprint density at radius 3 is 2.46 bits per heavy atom. The lowest BCUT2D eigenvalue weighted by molar-refractivity contribution is 0.271. The number of aromatic nitrogens is 7. The third-order valence-corrected chi connectivity index (χ3v) is 6.25. The van der Waals surface area contributed by atoms with Gasteiger partial charge in [-0.2, -0.15) is 0 Å². The highest BCUT2D eigenvalue weighted by molar-refractivity contribution is 5.73. The fourth-order valence-electron chi connectivity index (χ4n) is 4.40. The molecule has 0 radical (unpaired) electrons. The molecule has 0 saturated carbocycles. The fourth-order valence-corrected chi connectivity index (χ4v) is 4.40. The standard InChI is InChI=1S/C24H29FN10/c1-5-33-8-10-34(11-9-33)17-6-7-20(26-12-17)30-24-28-13-18(25)21(31-24)22-27-14-19-23(32-22)35(15(2)3)16(4)29-19/h6-7,12-15H,5,8-11H2,1-4H3,(H,26,28,30,31). The number of piperazine rings is 1. The van der Waals surface area contributed by atoms with Crippen LogP contribution in [0.1, 0.15) is 32.6 Å². The summed E-state index contributed by atoms with van der Waals surface area (Å²) in [5, 5.41) is 3.06. The van der Waals surface area contributed by atoms with Gasteiger partial charge >= 0.3 is 0 Å². The molecule has 0 atom stereocenters. The number of anilines is 3. The molecule has 5 heterocycles. The van der Waals surface area contributed by atoms with Crippen molar-refractivity contribution < 1.29 is 4.39 Å². The SMILES string of the molecule is CCN1CCN(c2ccc(Nc3ncc(F)c(-c4ncc5nc(C)n(C(C)C)c5n4)n3)nc2)CC1. The minimum absolute atomic E-state index is 0.0176. The first kappa shape index (κ1) is 23.0. The van der Waals surface area contributed by atoms with Crippen molar-refractivity contribution >= 4 is 28.6 Å². The molecule has 0 bridgehead atoms. The van der Waals surface area contributed by atoms with E-state index in [1.807, 2.05) is 43.7 Å². The van der Waals surface area contributed by atoms with E-state index in [4.69, 9.17) is 0 Å². The molecule has 0 amide bonds. The maximum atomic E-state index is 14.7. The van der Waals surface area contributed by atoms with Crippen LogP contribution in [0.15, 0.2) is 30.7 Å². The van der Waals surface area contributed by atoms with Crippen LogP contribution in [-0.2, 0) is 0 Å². The molecular weight excluding hydrogens is 447 g/mol. The van der Waals surface area contributed by atoms with Crippen molar-refractivity contribution in [2.24, 2.45) is 0 Å². The van der Waals surface area contributed by atoms with Gasteiger partial charge in [0.25, 0.3) is 0 Å². The van der Waals surface area contributed by atoms with Gasteiger partial charge in [-0.15, -0.1) is 0 Å². The summed E-state index contributed by atoms with van der Waals surface area (Å²) in [6.45, 7) is 13.3. The number of fused-ring (bicyclic) bond motifs is 1. The van der Waals surface area contributed by atoms with Gasteiger partial charge in [-0.3, -0.25) is 0 Å². The molecule has 10 nitrogen and oxygen atoms in total. The van der Waals surface area contributed by atoms with E-state index in [0.29, 0.717) is 17.0 Å². The van der Waals surface area contributed by atoms with E-state index in [1.165, 1.54) is 0 Å². The molecular formula is C24H29FN10. The predicted molar refractivity (Wildman–Crippen MR) is 133 cm³/mol. The maximum absolute atomic E-state index is 14.7. The zero-order chi connectivity index (χ0) is 24.5. The van der Waals surface area contributed by atoms with Crippen LogP contribution in [0, 0.1) is 12.7 Å². The van der Waals surface area contributed by atoms with Crippen LogP contribution in [-0.4, -0.2) is 72.1 Å². The Balaban J connectivity index is 1.37. The van der Waals surface area contributed by atoms with E-state index in [0.717, 1.165) is 50.4 Å². The topological polar surface area (TPSA) is 101 Å². The van der Waals surface area contributed by atoms with Gasteiger partial charge in [-0.1, -0.05) is 6.92 Å². The molecule has 0 aromatic carbocycles.